The Bertz CT molecular complexity index is 390. The van der Waals surface area contributed by atoms with Gasteiger partial charge in [-0.1, -0.05) is 0 Å². The number of guanidine groups is 2. The molecule has 0 amide bonds. The van der Waals surface area contributed by atoms with Crippen molar-refractivity contribution >= 4 is 11.9 Å². The number of hydrogen-bond acceptors (Lipinski definition) is 3. The molecule has 1 heterocycles. The van der Waals surface area contributed by atoms with Crippen LogP contribution in [0.15, 0.2) is 20.6 Å². The van der Waals surface area contributed by atoms with Gasteiger partial charge in [-0.15, -0.1) is 0 Å². The van der Waals surface area contributed by atoms with Crippen LogP contribution >= 0.6 is 0 Å². The number of rotatable bonds is 2. The summed E-state index contributed by atoms with van der Waals surface area (Å²) in [6.45, 7) is 3.58. The molecule has 0 bridgehead atoms. The van der Waals surface area contributed by atoms with Gasteiger partial charge in [0.25, 0.3) is 0 Å². The van der Waals surface area contributed by atoms with E-state index in [9.17, 15) is 0 Å². The van der Waals surface area contributed by atoms with Crippen molar-refractivity contribution in [3.63, 3.8) is 0 Å². The Morgan fingerprint density at radius 1 is 1.47 bits per heavy atom. The number of oxazole rings is 1. The zero-order chi connectivity index (χ0) is 11.4. The Labute approximate surface area is 87.1 Å². The first-order valence-corrected chi connectivity index (χ1v) is 4.34. The van der Waals surface area contributed by atoms with Crippen LogP contribution in [0.3, 0.4) is 0 Å². The highest BCUT2D eigenvalue weighted by molar-refractivity contribution is 5.92. The number of aromatic nitrogens is 1. The summed E-state index contributed by atoms with van der Waals surface area (Å²) in [6.07, 6.45) is 1.61. The molecule has 1 rings (SSSR count). The lowest BCUT2D eigenvalue weighted by Crippen LogP contribution is -2.26. The molecule has 1 aromatic heterocycles. The van der Waals surface area contributed by atoms with Crippen LogP contribution in [0, 0.1) is 6.92 Å². The molecule has 6 N–H and O–H groups in total. The van der Waals surface area contributed by atoms with Crippen molar-refractivity contribution in [1.29, 1.82) is 0 Å². The number of nitrogens with zero attached hydrogens (tertiary/aromatic N) is 3. The van der Waals surface area contributed by atoms with Crippen molar-refractivity contribution < 1.29 is 4.42 Å². The SMILES string of the molecule is Cc1cnc(C(C)N=C(N)N=C(N)N)o1. The van der Waals surface area contributed by atoms with Gasteiger partial charge in [-0.25, -0.2) is 9.98 Å². The molecule has 0 fully saturated rings. The van der Waals surface area contributed by atoms with Crippen LogP contribution < -0.4 is 17.2 Å². The van der Waals surface area contributed by atoms with Gasteiger partial charge in [-0.2, -0.15) is 4.99 Å². The van der Waals surface area contributed by atoms with E-state index in [4.69, 9.17) is 21.6 Å². The Morgan fingerprint density at radius 3 is 2.60 bits per heavy atom. The third kappa shape index (κ3) is 3.29. The van der Waals surface area contributed by atoms with Crippen molar-refractivity contribution in [2.75, 3.05) is 0 Å². The summed E-state index contributed by atoms with van der Waals surface area (Å²) in [6, 6.07) is -0.318. The van der Waals surface area contributed by atoms with Gasteiger partial charge in [0, 0.05) is 0 Å². The molecule has 7 heteroatoms. The maximum Gasteiger partial charge on any atom is 0.219 e. The van der Waals surface area contributed by atoms with Crippen LogP contribution in [0.5, 0.6) is 0 Å². The first kappa shape index (κ1) is 11.0. The average Bonchev–Trinajstić information content (AvgIpc) is 2.49. The van der Waals surface area contributed by atoms with Crippen molar-refractivity contribution in [3.05, 3.63) is 17.8 Å². The van der Waals surface area contributed by atoms with Crippen LogP contribution in [0.4, 0.5) is 0 Å². The summed E-state index contributed by atoms with van der Waals surface area (Å²) < 4.78 is 5.27. The molecular formula is C8H14N6O. The molecule has 0 radical (unpaired) electrons. The average molecular weight is 210 g/mol. The number of aliphatic imine (C=N–C) groups is 2. The van der Waals surface area contributed by atoms with Gasteiger partial charge in [0.2, 0.25) is 11.9 Å². The van der Waals surface area contributed by atoms with Gasteiger partial charge in [-0.3, -0.25) is 0 Å². The van der Waals surface area contributed by atoms with Crippen LogP contribution in [-0.2, 0) is 0 Å². The van der Waals surface area contributed by atoms with Gasteiger partial charge < -0.3 is 21.6 Å². The van der Waals surface area contributed by atoms with E-state index in [0.29, 0.717) is 11.7 Å². The van der Waals surface area contributed by atoms with E-state index in [1.165, 1.54) is 0 Å². The second-order valence-corrected chi connectivity index (χ2v) is 3.01. The quantitative estimate of drug-likeness (QED) is 0.453. The molecule has 0 spiro atoms. The van der Waals surface area contributed by atoms with Crippen molar-refractivity contribution in [3.8, 4) is 0 Å². The summed E-state index contributed by atoms with van der Waals surface area (Å²) >= 11 is 0. The standard InChI is InChI=1S/C8H14N6O/c1-4-3-12-6(15-4)5(2)13-8(11)14-7(9)10/h3,5H,1-2H3,(H6,9,10,11,13,14). The Morgan fingerprint density at radius 2 is 2.13 bits per heavy atom. The minimum atomic E-state index is -0.318. The molecular weight excluding hydrogens is 196 g/mol. The van der Waals surface area contributed by atoms with Gasteiger partial charge in [0.1, 0.15) is 11.8 Å². The first-order valence-electron chi connectivity index (χ1n) is 4.34. The van der Waals surface area contributed by atoms with Crippen LogP contribution in [0.25, 0.3) is 0 Å². The highest BCUT2D eigenvalue weighted by Crippen LogP contribution is 2.15. The van der Waals surface area contributed by atoms with Gasteiger partial charge in [0.05, 0.1) is 6.20 Å². The number of nitrogens with two attached hydrogens (primary N) is 3. The molecule has 1 unspecified atom stereocenters. The van der Waals surface area contributed by atoms with E-state index >= 15 is 0 Å². The maximum atomic E-state index is 5.45. The zero-order valence-electron chi connectivity index (χ0n) is 8.64. The van der Waals surface area contributed by atoms with Crippen LogP contribution in [0.2, 0.25) is 0 Å². The lowest BCUT2D eigenvalue weighted by atomic mass is 10.4. The summed E-state index contributed by atoms with van der Waals surface area (Å²) in [5.41, 5.74) is 15.7. The van der Waals surface area contributed by atoms with Crippen molar-refractivity contribution in [2.45, 2.75) is 19.9 Å². The van der Waals surface area contributed by atoms with Crippen LogP contribution in [-0.4, -0.2) is 16.9 Å². The topological polar surface area (TPSA) is 129 Å². The minimum Gasteiger partial charge on any atom is -0.444 e. The molecule has 15 heavy (non-hydrogen) atoms. The van der Waals surface area contributed by atoms with Crippen molar-refractivity contribution in [2.24, 2.45) is 27.2 Å². The number of hydrogen-bond donors (Lipinski definition) is 3. The van der Waals surface area contributed by atoms with Gasteiger partial charge in [0.15, 0.2) is 5.96 Å². The molecule has 0 aliphatic carbocycles. The van der Waals surface area contributed by atoms with E-state index in [2.05, 4.69) is 15.0 Å². The fourth-order valence-electron chi connectivity index (χ4n) is 0.980. The molecule has 82 valence electrons. The largest absolute Gasteiger partial charge is 0.444 e. The molecule has 0 aliphatic heterocycles. The molecule has 0 aromatic carbocycles. The summed E-state index contributed by atoms with van der Waals surface area (Å²) in [7, 11) is 0. The van der Waals surface area contributed by atoms with E-state index in [-0.39, 0.29) is 18.0 Å². The van der Waals surface area contributed by atoms with Gasteiger partial charge >= 0.3 is 0 Å². The molecule has 1 atom stereocenters. The summed E-state index contributed by atoms with van der Waals surface area (Å²) in [4.78, 5) is 11.6. The predicted octanol–water partition coefficient (Wildman–Crippen LogP) is -0.368. The summed E-state index contributed by atoms with van der Waals surface area (Å²) in [5.74, 6) is 1.05. The second kappa shape index (κ2) is 4.45. The molecule has 7 nitrogen and oxygen atoms in total. The highest BCUT2D eigenvalue weighted by Gasteiger charge is 2.10. The number of aryl methyl sites for hydroxylation is 1. The Balaban J connectivity index is 2.78. The Hall–Kier alpha value is -2.05. The first-order chi connectivity index (χ1) is 6.99. The second-order valence-electron chi connectivity index (χ2n) is 3.01. The molecule has 0 saturated carbocycles. The van der Waals surface area contributed by atoms with Crippen molar-refractivity contribution in [1.82, 2.24) is 4.98 Å². The van der Waals surface area contributed by atoms with Gasteiger partial charge in [-0.05, 0) is 13.8 Å². The molecule has 0 saturated heterocycles. The van der Waals surface area contributed by atoms with E-state index in [1.54, 1.807) is 20.0 Å². The lowest BCUT2D eigenvalue weighted by Gasteiger charge is -2.01. The third-order valence-electron chi connectivity index (χ3n) is 1.57. The normalized spacial score (nSPS) is 13.6. The monoisotopic (exact) mass is 210 g/mol. The Kier molecular flexibility index (Phi) is 3.27. The van der Waals surface area contributed by atoms with Crippen LogP contribution in [0.1, 0.15) is 24.6 Å². The van der Waals surface area contributed by atoms with E-state index < -0.39 is 0 Å². The lowest BCUT2D eigenvalue weighted by molar-refractivity contribution is 0.444. The van der Waals surface area contributed by atoms with E-state index in [0.717, 1.165) is 0 Å². The summed E-state index contributed by atoms with van der Waals surface area (Å²) in [5, 5.41) is 0. The third-order valence-corrected chi connectivity index (χ3v) is 1.57. The smallest absolute Gasteiger partial charge is 0.219 e. The fourth-order valence-corrected chi connectivity index (χ4v) is 0.980. The maximum absolute atomic E-state index is 5.45. The minimum absolute atomic E-state index is 0.00152. The highest BCUT2D eigenvalue weighted by atomic mass is 16.4. The zero-order valence-corrected chi connectivity index (χ0v) is 8.64. The fraction of sp³-hybridized carbons (Fsp3) is 0.375. The molecule has 1 aromatic rings. The predicted molar refractivity (Wildman–Crippen MR) is 57.1 cm³/mol. The van der Waals surface area contributed by atoms with E-state index in [1.807, 2.05) is 0 Å². The molecule has 0 aliphatic rings.